The van der Waals surface area contributed by atoms with Gasteiger partial charge in [0, 0.05) is 12.0 Å². The Hall–Kier alpha value is -2.52. The van der Waals surface area contributed by atoms with Crippen LogP contribution in [-0.4, -0.2) is 67.5 Å². The number of aliphatic hydroxyl groups is 4. The summed E-state index contributed by atoms with van der Waals surface area (Å²) in [5.74, 6) is -1.95. The molecule has 10 atom stereocenters. The van der Waals surface area contributed by atoms with Gasteiger partial charge in [-0.2, -0.15) is 0 Å². The fourth-order valence-electron chi connectivity index (χ4n) is 8.95. The van der Waals surface area contributed by atoms with Crippen LogP contribution in [0, 0.1) is 22.7 Å². The van der Waals surface area contributed by atoms with Crippen molar-refractivity contribution in [1.82, 2.24) is 0 Å². The number of hydrogen-bond donors (Lipinski definition) is 4. The van der Waals surface area contributed by atoms with Crippen LogP contribution < -0.4 is 0 Å². The van der Waals surface area contributed by atoms with Gasteiger partial charge < -0.3 is 29.9 Å². The minimum absolute atomic E-state index is 0.0357. The largest absolute Gasteiger partial charge is 0.459 e. The highest BCUT2D eigenvalue weighted by molar-refractivity contribution is 5.87. The number of hydrogen-bond acceptors (Lipinski definition) is 8. The number of esters is 2. The highest BCUT2D eigenvalue weighted by Crippen LogP contribution is 2.71. The number of benzene rings is 1. The number of carbonyl (C=O) groups is 2. The summed E-state index contributed by atoms with van der Waals surface area (Å²) in [4.78, 5) is 26.2. The Morgan fingerprint density at radius 1 is 1.07 bits per heavy atom. The molecule has 5 rings (SSSR count). The number of carbonyl (C=O) groups excluding carboxylic acids is 2. The van der Waals surface area contributed by atoms with Gasteiger partial charge in [0.1, 0.15) is 29.0 Å². The second-order valence-electron chi connectivity index (χ2n) is 14.0. The molecule has 0 heterocycles. The monoisotopic (exact) mass is 596 g/mol. The second kappa shape index (κ2) is 11.1. The Kier molecular flexibility index (Phi) is 8.25. The highest BCUT2D eigenvalue weighted by Gasteiger charge is 2.81. The van der Waals surface area contributed by atoms with Crippen molar-refractivity contribution in [2.75, 3.05) is 0 Å². The SMILES string of the molecule is CC[C@@H](C)C(=O)O[C@@H](C)[C@]1(O)CC[C@@]2(O)[C@]1(C)[C@H](OC(=O)/C=C/c1ccccc1)C[C@@H]1[C@@]3(C)CC[C@H](O)CC3=CC[C@]12O. The summed E-state index contributed by atoms with van der Waals surface area (Å²) in [6, 6.07) is 9.34. The van der Waals surface area contributed by atoms with Crippen LogP contribution in [0.1, 0.15) is 91.5 Å². The van der Waals surface area contributed by atoms with Crippen molar-refractivity contribution in [2.45, 2.75) is 121 Å². The fourth-order valence-corrected chi connectivity index (χ4v) is 8.95. The average Bonchev–Trinajstić information content (AvgIpc) is 3.22. The molecule has 0 saturated heterocycles. The van der Waals surface area contributed by atoms with Crippen LogP contribution >= 0.6 is 0 Å². The van der Waals surface area contributed by atoms with Crippen molar-refractivity contribution in [3.63, 3.8) is 0 Å². The van der Waals surface area contributed by atoms with Gasteiger partial charge in [-0.25, -0.2) is 4.79 Å². The molecule has 1 aromatic rings. The van der Waals surface area contributed by atoms with Crippen molar-refractivity contribution in [3.05, 3.63) is 53.6 Å². The van der Waals surface area contributed by atoms with Gasteiger partial charge in [-0.1, -0.05) is 69.7 Å². The van der Waals surface area contributed by atoms with Gasteiger partial charge in [-0.05, 0) is 75.3 Å². The maximum atomic E-state index is 13.4. The van der Waals surface area contributed by atoms with Crippen molar-refractivity contribution >= 4 is 18.0 Å². The van der Waals surface area contributed by atoms with Crippen molar-refractivity contribution in [3.8, 4) is 0 Å². The Balaban J connectivity index is 1.57. The van der Waals surface area contributed by atoms with E-state index in [0.717, 1.165) is 11.1 Å². The van der Waals surface area contributed by atoms with Crippen molar-refractivity contribution in [1.29, 1.82) is 0 Å². The average molecular weight is 597 g/mol. The topological polar surface area (TPSA) is 134 Å². The van der Waals surface area contributed by atoms with Crippen LogP contribution in [0.15, 0.2) is 48.1 Å². The molecule has 1 aromatic carbocycles. The van der Waals surface area contributed by atoms with Crippen molar-refractivity contribution in [2.24, 2.45) is 22.7 Å². The first-order valence-corrected chi connectivity index (χ1v) is 15.8. The quantitative estimate of drug-likeness (QED) is 0.206. The second-order valence-corrected chi connectivity index (χ2v) is 14.0. The van der Waals surface area contributed by atoms with Gasteiger partial charge in [0.25, 0.3) is 0 Å². The third kappa shape index (κ3) is 4.71. The molecule has 8 heteroatoms. The van der Waals surface area contributed by atoms with Gasteiger partial charge in [0.15, 0.2) is 0 Å². The molecular formula is C35H48O8. The number of fused-ring (bicyclic) bond motifs is 5. The molecule has 4 aliphatic rings. The molecule has 3 saturated carbocycles. The maximum Gasteiger partial charge on any atom is 0.331 e. The molecule has 0 amide bonds. The van der Waals surface area contributed by atoms with Gasteiger partial charge in [0.2, 0.25) is 0 Å². The van der Waals surface area contributed by atoms with Crippen LogP contribution in [0.3, 0.4) is 0 Å². The van der Waals surface area contributed by atoms with Gasteiger partial charge >= 0.3 is 11.9 Å². The lowest BCUT2D eigenvalue weighted by Gasteiger charge is -2.67. The molecular weight excluding hydrogens is 548 g/mol. The van der Waals surface area contributed by atoms with Crippen molar-refractivity contribution < 1.29 is 39.5 Å². The molecule has 0 aliphatic heterocycles. The molecule has 0 spiro atoms. The molecule has 8 nitrogen and oxygen atoms in total. The highest BCUT2D eigenvalue weighted by atomic mass is 16.6. The predicted octanol–water partition coefficient (Wildman–Crippen LogP) is 4.48. The molecule has 3 fully saturated rings. The zero-order valence-electron chi connectivity index (χ0n) is 26.1. The number of ether oxygens (including phenoxy) is 2. The lowest BCUT2D eigenvalue weighted by molar-refractivity contribution is -0.326. The van der Waals surface area contributed by atoms with Gasteiger partial charge in [-0.15, -0.1) is 0 Å². The summed E-state index contributed by atoms with van der Waals surface area (Å²) < 4.78 is 12.0. The molecule has 0 radical (unpaired) electrons. The van der Waals surface area contributed by atoms with E-state index in [-0.39, 0.29) is 31.6 Å². The van der Waals surface area contributed by atoms with E-state index < -0.39 is 63.8 Å². The summed E-state index contributed by atoms with van der Waals surface area (Å²) >= 11 is 0. The minimum atomic E-state index is -1.87. The van der Waals surface area contributed by atoms with E-state index in [4.69, 9.17) is 9.47 Å². The summed E-state index contributed by atoms with van der Waals surface area (Å²) in [6.45, 7) is 9.00. The molecule has 4 aliphatic carbocycles. The first kappa shape index (κ1) is 31.9. The summed E-state index contributed by atoms with van der Waals surface area (Å²) in [7, 11) is 0. The van der Waals surface area contributed by atoms with Crippen LogP contribution in [0.25, 0.3) is 6.08 Å². The van der Waals surface area contributed by atoms with Crippen LogP contribution in [0.5, 0.6) is 0 Å². The van der Waals surface area contributed by atoms with Gasteiger partial charge in [-0.3, -0.25) is 4.79 Å². The molecule has 0 bridgehead atoms. The number of aliphatic hydroxyl groups excluding tert-OH is 1. The van der Waals surface area contributed by atoms with Crippen LogP contribution in [0.4, 0.5) is 0 Å². The fraction of sp³-hybridized carbons (Fsp3) is 0.657. The van der Waals surface area contributed by atoms with Gasteiger partial charge in [0.05, 0.1) is 17.4 Å². The third-order valence-electron chi connectivity index (χ3n) is 12.1. The van der Waals surface area contributed by atoms with E-state index in [0.29, 0.717) is 25.7 Å². The van der Waals surface area contributed by atoms with E-state index >= 15 is 0 Å². The standard InChI is InChI=1S/C35H48O8/c1-6-22(2)30(38)42-23(3)33(39)18-19-35(41)32(33,5)28(43-29(37)13-12-24-10-8-7-9-11-24)21-27-31(4)16-15-26(36)20-25(31)14-17-34(27,35)40/h7-14,22-23,26-28,36,39-41H,6,15-21H2,1-5H3/b13-12+/t22-,23+,26+,27-,28-,31+,32-,33-,34+,35-/m1/s1. The molecule has 236 valence electrons. The normalized spacial score (nSPS) is 41.8. The lowest BCUT2D eigenvalue weighted by atomic mass is 9.42. The Bertz CT molecular complexity index is 1290. The Morgan fingerprint density at radius 2 is 1.77 bits per heavy atom. The van der Waals surface area contributed by atoms with E-state index in [1.165, 1.54) is 6.08 Å². The minimum Gasteiger partial charge on any atom is -0.459 e. The number of rotatable bonds is 7. The Morgan fingerprint density at radius 3 is 2.44 bits per heavy atom. The van der Waals surface area contributed by atoms with E-state index in [1.807, 2.05) is 43.3 Å². The first-order valence-electron chi connectivity index (χ1n) is 15.8. The van der Waals surface area contributed by atoms with E-state index in [1.54, 1.807) is 26.8 Å². The predicted molar refractivity (Wildman–Crippen MR) is 161 cm³/mol. The van der Waals surface area contributed by atoms with E-state index in [2.05, 4.69) is 6.92 Å². The molecule has 0 aromatic heterocycles. The third-order valence-corrected chi connectivity index (χ3v) is 12.1. The van der Waals surface area contributed by atoms with E-state index in [9.17, 15) is 30.0 Å². The summed E-state index contributed by atoms with van der Waals surface area (Å²) in [5, 5.41) is 48.4. The molecule has 4 N–H and O–H groups in total. The smallest absolute Gasteiger partial charge is 0.331 e. The first-order chi connectivity index (χ1) is 20.2. The summed E-state index contributed by atoms with van der Waals surface area (Å²) in [5.41, 5.74) is -5.56. The molecule has 0 unspecified atom stereocenters. The zero-order chi connectivity index (χ0) is 31.4. The lowest BCUT2D eigenvalue weighted by Crippen LogP contribution is -2.78. The summed E-state index contributed by atoms with van der Waals surface area (Å²) in [6.07, 6.45) is 5.10. The van der Waals surface area contributed by atoms with Crippen LogP contribution in [0.2, 0.25) is 0 Å². The van der Waals surface area contributed by atoms with Crippen LogP contribution in [-0.2, 0) is 19.1 Å². The maximum absolute atomic E-state index is 13.4. The Labute approximate surface area is 254 Å². The molecule has 43 heavy (non-hydrogen) atoms. The zero-order valence-corrected chi connectivity index (χ0v) is 26.1.